The van der Waals surface area contributed by atoms with E-state index in [9.17, 15) is 9.90 Å². The number of nitrogens with one attached hydrogen (secondary N) is 2. The fourth-order valence-corrected chi connectivity index (χ4v) is 2.07. The molecule has 1 aliphatic rings. The Morgan fingerprint density at radius 1 is 1.53 bits per heavy atom. The van der Waals surface area contributed by atoms with Crippen molar-refractivity contribution in [1.82, 2.24) is 10.6 Å². The zero-order chi connectivity index (χ0) is 12.3. The molecular weight excluding hydrogens is 240 g/mol. The van der Waals surface area contributed by atoms with E-state index in [1.165, 1.54) is 0 Å². The summed E-state index contributed by atoms with van der Waals surface area (Å²) < 4.78 is 0. The molecule has 1 heterocycles. The summed E-state index contributed by atoms with van der Waals surface area (Å²) in [4.78, 5) is 11.7. The van der Waals surface area contributed by atoms with Crippen LogP contribution in [0.1, 0.15) is 12.0 Å². The topological polar surface area (TPSA) is 61.4 Å². The molecule has 5 heteroatoms. The molecule has 1 saturated heterocycles. The molecule has 0 bridgehead atoms. The first-order valence-electron chi connectivity index (χ1n) is 5.59. The normalized spacial score (nSPS) is 23.6. The first-order chi connectivity index (χ1) is 8.16. The number of benzene rings is 1. The van der Waals surface area contributed by atoms with Gasteiger partial charge < -0.3 is 15.7 Å². The Hall–Kier alpha value is -1.10. The van der Waals surface area contributed by atoms with E-state index in [1.54, 1.807) is 6.07 Å². The molecular formula is C12H15ClN2O2. The smallest absolute Gasteiger partial charge is 0.237 e. The van der Waals surface area contributed by atoms with Gasteiger partial charge in [0.2, 0.25) is 5.91 Å². The minimum atomic E-state index is -0.425. The van der Waals surface area contributed by atoms with Crippen LogP contribution in [0.15, 0.2) is 24.3 Å². The highest BCUT2D eigenvalue weighted by Crippen LogP contribution is 2.14. The van der Waals surface area contributed by atoms with E-state index >= 15 is 0 Å². The molecule has 0 aliphatic carbocycles. The number of carbonyl (C=O) groups is 1. The monoisotopic (exact) mass is 254 g/mol. The summed E-state index contributed by atoms with van der Waals surface area (Å²) in [5, 5.41) is 15.7. The number of rotatable bonds is 3. The van der Waals surface area contributed by atoms with Crippen LogP contribution in [0.25, 0.3) is 0 Å². The van der Waals surface area contributed by atoms with E-state index in [2.05, 4.69) is 10.6 Å². The second kappa shape index (κ2) is 5.49. The predicted octanol–water partition coefficient (Wildman–Crippen LogP) is 0.679. The average molecular weight is 255 g/mol. The van der Waals surface area contributed by atoms with E-state index in [-0.39, 0.29) is 11.9 Å². The number of aliphatic hydroxyl groups is 1. The van der Waals surface area contributed by atoms with Crippen LogP contribution in [0.5, 0.6) is 0 Å². The van der Waals surface area contributed by atoms with Gasteiger partial charge in [-0.25, -0.2) is 0 Å². The van der Waals surface area contributed by atoms with Crippen LogP contribution in [-0.2, 0) is 11.3 Å². The maximum Gasteiger partial charge on any atom is 0.237 e. The van der Waals surface area contributed by atoms with Crippen molar-refractivity contribution in [3.8, 4) is 0 Å². The summed E-state index contributed by atoms with van der Waals surface area (Å²) >= 11 is 5.98. The third-order valence-corrected chi connectivity index (χ3v) is 3.20. The number of halogens is 1. The maximum atomic E-state index is 11.7. The highest BCUT2D eigenvalue weighted by Gasteiger charge is 2.27. The zero-order valence-corrected chi connectivity index (χ0v) is 10.1. The zero-order valence-electron chi connectivity index (χ0n) is 9.32. The Balaban J connectivity index is 1.86. The first-order valence-corrected chi connectivity index (χ1v) is 5.97. The number of carbonyl (C=O) groups excluding carboxylic acids is 1. The SMILES string of the molecule is O=C(NCc1ccccc1Cl)C1CC(O)CN1. The lowest BCUT2D eigenvalue weighted by Gasteiger charge is -2.11. The van der Waals surface area contributed by atoms with Crippen molar-refractivity contribution >= 4 is 17.5 Å². The van der Waals surface area contributed by atoms with Crippen LogP contribution < -0.4 is 10.6 Å². The Bertz CT molecular complexity index is 411. The minimum Gasteiger partial charge on any atom is -0.392 e. The molecule has 17 heavy (non-hydrogen) atoms. The van der Waals surface area contributed by atoms with Crippen LogP contribution >= 0.6 is 11.6 Å². The summed E-state index contributed by atoms with van der Waals surface area (Å²) in [6.45, 7) is 0.886. The van der Waals surface area contributed by atoms with E-state index in [0.717, 1.165) is 5.56 Å². The summed E-state index contributed by atoms with van der Waals surface area (Å²) in [5.74, 6) is -0.0959. The Kier molecular flexibility index (Phi) is 3.99. The van der Waals surface area contributed by atoms with Gasteiger partial charge in [0.1, 0.15) is 0 Å². The summed E-state index contributed by atoms with van der Waals surface area (Å²) in [5.41, 5.74) is 0.890. The van der Waals surface area contributed by atoms with Crippen molar-refractivity contribution in [3.05, 3.63) is 34.9 Å². The van der Waals surface area contributed by atoms with Crippen molar-refractivity contribution in [3.63, 3.8) is 0 Å². The molecule has 92 valence electrons. The van der Waals surface area contributed by atoms with E-state index < -0.39 is 6.10 Å². The molecule has 1 aromatic carbocycles. The predicted molar refractivity (Wildman–Crippen MR) is 65.7 cm³/mol. The van der Waals surface area contributed by atoms with Crippen LogP contribution in [0, 0.1) is 0 Å². The van der Waals surface area contributed by atoms with Gasteiger partial charge in [-0.1, -0.05) is 29.8 Å². The van der Waals surface area contributed by atoms with Crippen molar-refractivity contribution in [2.24, 2.45) is 0 Å². The van der Waals surface area contributed by atoms with Gasteiger partial charge in [-0.05, 0) is 18.1 Å². The Morgan fingerprint density at radius 3 is 2.94 bits per heavy atom. The highest BCUT2D eigenvalue weighted by atomic mass is 35.5. The molecule has 0 radical (unpaired) electrons. The van der Waals surface area contributed by atoms with Gasteiger partial charge in [0, 0.05) is 18.1 Å². The number of β-amino-alcohol motifs (C(OH)–C–C–N with tert-alkyl or cyclic N) is 1. The third-order valence-electron chi connectivity index (χ3n) is 2.84. The quantitative estimate of drug-likeness (QED) is 0.743. The molecule has 0 saturated carbocycles. The van der Waals surface area contributed by atoms with E-state index in [1.807, 2.05) is 18.2 Å². The van der Waals surface area contributed by atoms with Crippen LogP contribution in [-0.4, -0.2) is 29.7 Å². The van der Waals surface area contributed by atoms with Crippen LogP contribution in [0.3, 0.4) is 0 Å². The molecule has 2 unspecified atom stereocenters. The van der Waals surface area contributed by atoms with Gasteiger partial charge >= 0.3 is 0 Å². The average Bonchev–Trinajstić information content (AvgIpc) is 2.74. The lowest BCUT2D eigenvalue weighted by atomic mass is 10.2. The van der Waals surface area contributed by atoms with Crippen molar-refractivity contribution in [2.75, 3.05) is 6.54 Å². The van der Waals surface area contributed by atoms with Gasteiger partial charge in [-0.2, -0.15) is 0 Å². The third kappa shape index (κ3) is 3.19. The molecule has 1 aliphatic heterocycles. The van der Waals surface area contributed by atoms with Crippen molar-refractivity contribution in [2.45, 2.75) is 25.1 Å². The van der Waals surface area contributed by atoms with Crippen LogP contribution in [0.2, 0.25) is 5.02 Å². The second-order valence-electron chi connectivity index (χ2n) is 4.16. The molecule has 2 atom stereocenters. The largest absolute Gasteiger partial charge is 0.392 e. The first kappa shape index (κ1) is 12.4. The van der Waals surface area contributed by atoms with Gasteiger partial charge in [0.05, 0.1) is 12.1 Å². The van der Waals surface area contributed by atoms with Crippen molar-refractivity contribution < 1.29 is 9.90 Å². The van der Waals surface area contributed by atoms with Gasteiger partial charge in [-0.3, -0.25) is 4.79 Å². The molecule has 4 nitrogen and oxygen atoms in total. The Labute approximate surface area is 105 Å². The molecule has 1 amide bonds. The van der Waals surface area contributed by atoms with Crippen molar-refractivity contribution in [1.29, 1.82) is 0 Å². The van der Waals surface area contributed by atoms with Gasteiger partial charge in [-0.15, -0.1) is 0 Å². The lowest BCUT2D eigenvalue weighted by Crippen LogP contribution is -2.40. The van der Waals surface area contributed by atoms with E-state index in [0.29, 0.717) is 24.5 Å². The number of amides is 1. The highest BCUT2D eigenvalue weighted by molar-refractivity contribution is 6.31. The molecule has 0 spiro atoms. The maximum absolute atomic E-state index is 11.7. The summed E-state index contributed by atoms with van der Waals surface area (Å²) in [6, 6.07) is 7.10. The van der Waals surface area contributed by atoms with Gasteiger partial charge in [0.15, 0.2) is 0 Å². The standard InChI is InChI=1S/C12H15ClN2O2/c13-10-4-2-1-3-8(10)6-15-12(17)11-5-9(16)7-14-11/h1-4,9,11,14,16H,5-7H2,(H,15,17). The number of hydrogen-bond donors (Lipinski definition) is 3. The van der Waals surface area contributed by atoms with Gasteiger partial charge in [0.25, 0.3) is 0 Å². The Morgan fingerprint density at radius 2 is 2.29 bits per heavy atom. The lowest BCUT2D eigenvalue weighted by molar-refractivity contribution is -0.123. The molecule has 3 N–H and O–H groups in total. The summed E-state index contributed by atoms with van der Waals surface area (Å²) in [7, 11) is 0. The summed E-state index contributed by atoms with van der Waals surface area (Å²) in [6.07, 6.45) is 0.0417. The molecule has 1 aromatic rings. The second-order valence-corrected chi connectivity index (χ2v) is 4.57. The molecule has 0 aromatic heterocycles. The fraction of sp³-hybridized carbons (Fsp3) is 0.417. The fourth-order valence-electron chi connectivity index (χ4n) is 1.86. The number of aliphatic hydroxyl groups excluding tert-OH is 1. The van der Waals surface area contributed by atoms with E-state index in [4.69, 9.17) is 11.6 Å². The molecule has 2 rings (SSSR count). The minimum absolute atomic E-state index is 0.0959. The number of hydrogen-bond acceptors (Lipinski definition) is 3. The molecule has 1 fully saturated rings. The van der Waals surface area contributed by atoms with Crippen LogP contribution in [0.4, 0.5) is 0 Å².